The van der Waals surface area contributed by atoms with Gasteiger partial charge in [0, 0.05) is 41.6 Å². The van der Waals surface area contributed by atoms with Gasteiger partial charge in [-0.2, -0.15) is 0 Å². The summed E-state index contributed by atoms with van der Waals surface area (Å²) in [6.07, 6.45) is 1.68. The number of benzene rings is 2. The van der Waals surface area contributed by atoms with Crippen molar-refractivity contribution >= 4 is 11.0 Å². The highest BCUT2D eigenvalue weighted by Crippen LogP contribution is 2.38. The highest BCUT2D eigenvalue weighted by molar-refractivity contribution is 5.79. The summed E-state index contributed by atoms with van der Waals surface area (Å²) < 4.78 is 23.2. The zero-order valence-corrected chi connectivity index (χ0v) is 18.4. The van der Waals surface area contributed by atoms with Gasteiger partial charge in [0.2, 0.25) is 5.88 Å². The molecule has 0 amide bonds. The number of ether oxygens (including phenoxy) is 3. The van der Waals surface area contributed by atoms with Gasteiger partial charge in [0.1, 0.15) is 40.9 Å². The SMILES string of the molecule is COc1cc(O)ccc1-c1cc(O[C@H]2Cc3cc4ccc(=O)oc4cc3OC2(C)C)ncn1. The molecule has 0 aliphatic carbocycles. The summed E-state index contributed by atoms with van der Waals surface area (Å²) in [6.45, 7) is 3.88. The lowest BCUT2D eigenvalue weighted by Gasteiger charge is -2.39. The first-order valence-corrected chi connectivity index (χ1v) is 10.4. The quantitative estimate of drug-likeness (QED) is 0.467. The molecular formula is C25H22N2O6. The molecule has 1 aliphatic heterocycles. The minimum atomic E-state index is -0.670. The number of aromatic nitrogens is 2. The Balaban J connectivity index is 1.46. The topological polar surface area (TPSA) is 104 Å². The van der Waals surface area contributed by atoms with E-state index in [0.717, 1.165) is 10.9 Å². The van der Waals surface area contributed by atoms with Gasteiger partial charge in [-0.25, -0.2) is 14.8 Å². The number of phenolic OH excluding ortho intramolecular Hbond substituents is 1. The second-order valence-corrected chi connectivity index (χ2v) is 8.39. The molecule has 1 atom stereocenters. The van der Waals surface area contributed by atoms with E-state index < -0.39 is 11.2 Å². The van der Waals surface area contributed by atoms with E-state index in [9.17, 15) is 9.90 Å². The molecular weight excluding hydrogens is 424 g/mol. The standard InChI is InChI=1S/C25H22N2O6/c1-25(2)22(9-15-8-14-4-7-24(29)31-19(14)12-20(15)33-25)32-23-11-18(26-13-27-23)17-6-5-16(28)10-21(17)30-3/h4-8,10-13,22,28H,9H2,1-3H3/t22-/m0/s1. The average Bonchev–Trinajstić information content (AvgIpc) is 2.78. The summed E-state index contributed by atoms with van der Waals surface area (Å²) in [4.78, 5) is 20.2. The summed E-state index contributed by atoms with van der Waals surface area (Å²) in [5, 5.41) is 10.5. The van der Waals surface area contributed by atoms with Crippen LogP contribution in [0.1, 0.15) is 19.4 Å². The van der Waals surface area contributed by atoms with E-state index in [2.05, 4.69) is 9.97 Å². The van der Waals surface area contributed by atoms with Crippen LogP contribution >= 0.6 is 0 Å². The Hall–Kier alpha value is -4.07. The van der Waals surface area contributed by atoms with Crippen LogP contribution < -0.4 is 19.8 Å². The van der Waals surface area contributed by atoms with Crippen LogP contribution in [-0.4, -0.2) is 33.9 Å². The number of methoxy groups -OCH3 is 1. The third kappa shape index (κ3) is 3.95. The first-order chi connectivity index (χ1) is 15.8. The van der Waals surface area contributed by atoms with E-state index in [-0.39, 0.29) is 11.9 Å². The summed E-state index contributed by atoms with van der Waals surface area (Å²) in [5.41, 5.74) is 1.68. The van der Waals surface area contributed by atoms with Crippen molar-refractivity contribution in [2.75, 3.05) is 7.11 Å². The lowest BCUT2D eigenvalue weighted by Crippen LogP contribution is -2.49. The largest absolute Gasteiger partial charge is 0.508 e. The van der Waals surface area contributed by atoms with Crippen molar-refractivity contribution in [3.63, 3.8) is 0 Å². The molecule has 1 N–H and O–H groups in total. The van der Waals surface area contributed by atoms with Crippen LogP contribution in [-0.2, 0) is 6.42 Å². The Kier molecular flexibility index (Phi) is 4.92. The number of nitrogens with zero attached hydrogens (tertiary/aromatic N) is 2. The second kappa shape index (κ2) is 7.81. The maximum atomic E-state index is 11.6. The third-order valence-corrected chi connectivity index (χ3v) is 5.72. The maximum Gasteiger partial charge on any atom is 0.336 e. The number of hydrogen-bond donors (Lipinski definition) is 1. The van der Waals surface area contributed by atoms with Crippen LogP contribution in [0.4, 0.5) is 0 Å². The average molecular weight is 446 g/mol. The first kappa shape index (κ1) is 20.8. The van der Waals surface area contributed by atoms with Gasteiger partial charge >= 0.3 is 5.63 Å². The Morgan fingerprint density at radius 1 is 1.09 bits per heavy atom. The number of phenols is 1. The number of fused-ring (bicyclic) bond motifs is 2. The predicted octanol–water partition coefficient (Wildman–Crippen LogP) is 4.13. The number of hydrogen-bond acceptors (Lipinski definition) is 8. The number of aromatic hydroxyl groups is 1. The van der Waals surface area contributed by atoms with Gasteiger partial charge in [0.15, 0.2) is 0 Å². The van der Waals surface area contributed by atoms with Crippen LogP contribution in [0.25, 0.3) is 22.2 Å². The van der Waals surface area contributed by atoms with Gasteiger partial charge in [-0.3, -0.25) is 0 Å². The van der Waals surface area contributed by atoms with E-state index in [1.165, 1.54) is 25.6 Å². The molecule has 0 unspecified atom stereocenters. The molecule has 0 spiro atoms. The molecule has 0 bridgehead atoms. The fourth-order valence-corrected chi connectivity index (χ4v) is 3.97. The van der Waals surface area contributed by atoms with Crippen LogP contribution in [0.3, 0.4) is 0 Å². The van der Waals surface area contributed by atoms with Crippen LogP contribution in [0.2, 0.25) is 0 Å². The lowest BCUT2D eigenvalue weighted by atomic mass is 9.90. The molecule has 5 rings (SSSR count). The van der Waals surface area contributed by atoms with Crippen molar-refractivity contribution in [3.05, 3.63) is 70.8 Å². The van der Waals surface area contributed by atoms with Crippen LogP contribution in [0.5, 0.6) is 23.1 Å². The maximum absolute atomic E-state index is 11.6. The van der Waals surface area contributed by atoms with Gasteiger partial charge in [0.25, 0.3) is 0 Å². The summed E-state index contributed by atoms with van der Waals surface area (Å²) in [6, 6.07) is 13.4. The molecule has 2 aromatic heterocycles. The van der Waals surface area contributed by atoms with Crippen LogP contribution in [0.15, 0.2) is 64.1 Å². The van der Waals surface area contributed by atoms with Crippen molar-refractivity contribution < 1.29 is 23.7 Å². The van der Waals surface area contributed by atoms with E-state index in [1.807, 2.05) is 19.9 Å². The minimum Gasteiger partial charge on any atom is -0.508 e. The lowest BCUT2D eigenvalue weighted by molar-refractivity contribution is -0.0287. The van der Waals surface area contributed by atoms with Gasteiger partial charge in [-0.15, -0.1) is 0 Å². The second-order valence-electron chi connectivity index (χ2n) is 8.39. The highest BCUT2D eigenvalue weighted by Gasteiger charge is 2.39. The fraction of sp³-hybridized carbons (Fsp3) is 0.240. The van der Waals surface area contributed by atoms with E-state index in [4.69, 9.17) is 18.6 Å². The number of rotatable bonds is 4. The molecule has 0 radical (unpaired) electrons. The molecule has 1 aliphatic rings. The molecule has 0 fully saturated rings. The van der Waals surface area contributed by atoms with E-state index >= 15 is 0 Å². The molecule has 168 valence electrons. The molecule has 0 saturated heterocycles. The normalized spacial score (nSPS) is 16.6. The van der Waals surface area contributed by atoms with Crippen molar-refractivity contribution in [3.8, 4) is 34.4 Å². The van der Waals surface area contributed by atoms with Crippen LogP contribution in [0, 0.1) is 0 Å². The smallest absolute Gasteiger partial charge is 0.336 e. The molecule has 2 aromatic carbocycles. The van der Waals surface area contributed by atoms with Gasteiger partial charge in [-0.05, 0) is 43.7 Å². The minimum absolute atomic E-state index is 0.104. The molecule has 4 aromatic rings. The van der Waals surface area contributed by atoms with Crippen molar-refractivity contribution in [1.82, 2.24) is 9.97 Å². The first-order valence-electron chi connectivity index (χ1n) is 10.4. The Morgan fingerprint density at radius 3 is 2.76 bits per heavy atom. The van der Waals surface area contributed by atoms with Crippen molar-refractivity contribution in [2.24, 2.45) is 0 Å². The van der Waals surface area contributed by atoms with Gasteiger partial charge in [0.05, 0.1) is 12.8 Å². The van der Waals surface area contributed by atoms with Gasteiger partial charge < -0.3 is 23.7 Å². The van der Waals surface area contributed by atoms with Crippen molar-refractivity contribution in [2.45, 2.75) is 32.0 Å². The molecule has 8 heteroatoms. The van der Waals surface area contributed by atoms with E-state index in [1.54, 1.807) is 30.3 Å². The molecule has 0 saturated carbocycles. The molecule has 8 nitrogen and oxygen atoms in total. The van der Waals surface area contributed by atoms with Gasteiger partial charge in [-0.1, -0.05) is 0 Å². The molecule has 33 heavy (non-hydrogen) atoms. The summed E-state index contributed by atoms with van der Waals surface area (Å²) >= 11 is 0. The molecule has 3 heterocycles. The summed E-state index contributed by atoms with van der Waals surface area (Å²) in [5.74, 6) is 1.66. The Labute approximate surface area is 189 Å². The Morgan fingerprint density at radius 2 is 1.94 bits per heavy atom. The zero-order chi connectivity index (χ0) is 23.2. The predicted molar refractivity (Wildman–Crippen MR) is 121 cm³/mol. The fourth-order valence-electron chi connectivity index (χ4n) is 3.97. The third-order valence-electron chi connectivity index (χ3n) is 5.72. The monoisotopic (exact) mass is 446 g/mol. The zero-order valence-electron chi connectivity index (χ0n) is 18.4. The highest BCUT2D eigenvalue weighted by atomic mass is 16.6. The van der Waals surface area contributed by atoms with Crippen molar-refractivity contribution in [1.29, 1.82) is 0 Å². The van der Waals surface area contributed by atoms with E-state index in [0.29, 0.717) is 40.6 Å². The summed E-state index contributed by atoms with van der Waals surface area (Å²) in [7, 11) is 1.53. The Bertz CT molecular complexity index is 1410.